The predicted molar refractivity (Wildman–Crippen MR) is 289 cm³/mol. The Morgan fingerprint density at radius 1 is 0.421 bits per heavy atom. The van der Waals surface area contributed by atoms with Crippen molar-refractivity contribution in [3.05, 3.63) is 202 Å². The van der Waals surface area contributed by atoms with Gasteiger partial charge in [0, 0.05) is 94.6 Å². The van der Waals surface area contributed by atoms with E-state index in [2.05, 4.69) is 187 Å². The van der Waals surface area contributed by atoms with Gasteiger partial charge in [0.15, 0.2) is 18.6 Å². The summed E-state index contributed by atoms with van der Waals surface area (Å²) in [5.74, 6) is 0. The van der Waals surface area contributed by atoms with Gasteiger partial charge in [-0.25, -0.2) is 27.8 Å². The van der Waals surface area contributed by atoms with E-state index in [1.807, 2.05) is 91.7 Å². The van der Waals surface area contributed by atoms with Crippen molar-refractivity contribution in [1.29, 1.82) is 0 Å². The molecule has 0 saturated carbocycles. The van der Waals surface area contributed by atoms with Gasteiger partial charge in [0.1, 0.15) is 44.1 Å². The molecule has 0 aliphatic carbocycles. The standard InChI is InChI=1S/C30H40N6.C29H39N7.4BrH/c1-32(30-13-5-4-6-14-30)31-27-29-15-23-34(24-16-29)17-7-2-3-8-21-35-25-26-36(28-35)22-12-11-20-33-18-9-10-19-33;1-32(28-13-5-4-6-14-28)31-25-29-15-7-10-21-36(29)20-9-3-2-8-18-34-23-24-35(27-34)19-12-11-17-33-22-16-30-26-33;;;;/h4-6,9-10,13-16,18-19,23-28H,2-3,7-8,11-12,17,20-22H2,1H3;4-7,10,13-16,21-27H,2-3,8-9,11-12,17-20H2,1H3;4*1H/q2*+2;;;;/p-4. The number of hydrogen-bond donors (Lipinski definition) is 0. The molecule has 8 rings (SSSR count). The number of halogens is 4. The molecule has 6 heterocycles. The van der Waals surface area contributed by atoms with Crippen molar-refractivity contribution in [3.8, 4) is 0 Å². The number of anilines is 2. The molecule has 0 saturated heterocycles. The lowest BCUT2D eigenvalue weighted by molar-refractivity contribution is -0.699. The number of aromatic nitrogens is 9. The summed E-state index contributed by atoms with van der Waals surface area (Å²) in [6, 6.07) is 35.1. The zero-order chi connectivity index (χ0) is 49.7. The molecule has 0 atom stereocenters. The average Bonchev–Trinajstić information content (AvgIpc) is 4.29. The first kappa shape index (κ1) is 64.8. The average molecular weight is 1290 g/mol. The summed E-state index contributed by atoms with van der Waals surface area (Å²) in [6.07, 6.45) is 48.3. The second-order valence-corrected chi connectivity index (χ2v) is 18.6. The van der Waals surface area contributed by atoms with E-state index >= 15 is 0 Å². The van der Waals surface area contributed by atoms with Crippen LogP contribution in [0.3, 0.4) is 0 Å². The van der Waals surface area contributed by atoms with Crippen LogP contribution >= 0.6 is 0 Å². The third-order valence-corrected chi connectivity index (χ3v) is 12.9. The normalized spacial score (nSPS) is 10.8. The number of hydrogen-bond acceptors (Lipinski definition) is 5. The van der Waals surface area contributed by atoms with Crippen LogP contribution in [0.5, 0.6) is 0 Å². The van der Waals surface area contributed by atoms with Gasteiger partial charge in [0.25, 0.3) is 0 Å². The van der Waals surface area contributed by atoms with Crippen LogP contribution in [-0.2, 0) is 52.4 Å². The van der Waals surface area contributed by atoms with E-state index in [0.717, 1.165) is 75.0 Å². The summed E-state index contributed by atoms with van der Waals surface area (Å²) >= 11 is 0. The molecule has 0 radical (unpaired) electrons. The minimum atomic E-state index is 0. The molecule has 0 unspecified atom stereocenters. The van der Waals surface area contributed by atoms with Crippen LogP contribution < -0.4 is 96.2 Å². The Bertz CT molecular complexity index is 2710. The summed E-state index contributed by atoms with van der Waals surface area (Å²) in [4.78, 5) is 4.10. The number of rotatable bonds is 30. The quantitative estimate of drug-likeness (QED) is 0.0218. The van der Waals surface area contributed by atoms with E-state index in [9.17, 15) is 0 Å². The van der Waals surface area contributed by atoms with Crippen molar-refractivity contribution >= 4 is 23.8 Å². The van der Waals surface area contributed by atoms with Crippen LogP contribution in [0, 0.1) is 0 Å². The van der Waals surface area contributed by atoms with E-state index in [0.29, 0.717) is 0 Å². The first-order valence-corrected chi connectivity index (χ1v) is 26.3. The molecular formula is C59H79Br4N13. The number of pyridine rings is 2. The molecule has 2 aromatic carbocycles. The third-order valence-electron chi connectivity index (χ3n) is 12.9. The lowest BCUT2D eigenvalue weighted by atomic mass is 10.2. The molecule has 0 aliphatic rings. The SMILES string of the molecule is CN(/N=C/c1cc[n+](CCCCCC[n+]2ccn(CCCCn3cccc3)c2)cc1)c1ccccc1.CN(/N=C/c1cccc[n+]1CCCCCC[n+]1ccn(CCCCn2ccnc2)c1)c1ccccc1.[Br-].[Br-].[Br-].[Br-]. The lowest BCUT2D eigenvalue weighted by Gasteiger charge is -2.11. The Hall–Kier alpha value is -5.49. The van der Waals surface area contributed by atoms with Gasteiger partial charge in [-0.05, 0) is 107 Å². The molecule has 13 nitrogen and oxygen atoms in total. The molecule has 0 fully saturated rings. The Morgan fingerprint density at radius 3 is 1.42 bits per heavy atom. The van der Waals surface area contributed by atoms with Gasteiger partial charge in [-0.2, -0.15) is 14.8 Å². The summed E-state index contributed by atoms with van der Waals surface area (Å²) in [5, 5.41) is 13.0. The van der Waals surface area contributed by atoms with Crippen LogP contribution in [0.2, 0.25) is 0 Å². The van der Waals surface area contributed by atoms with Crippen molar-refractivity contribution in [2.24, 2.45) is 10.2 Å². The fourth-order valence-corrected chi connectivity index (χ4v) is 8.63. The smallest absolute Gasteiger partial charge is 0.243 e. The Balaban J connectivity index is 0.000000380. The number of benzene rings is 2. The van der Waals surface area contributed by atoms with Gasteiger partial charge in [0.2, 0.25) is 18.3 Å². The molecule has 408 valence electrons. The number of hydrazone groups is 2. The lowest BCUT2D eigenvalue weighted by Crippen LogP contribution is -3.00. The highest BCUT2D eigenvalue weighted by Crippen LogP contribution is 2.12. The van der Waals surface area contributed by atoms with Crippen molar-refractivity contribution in [2.45, 2.75) is 129 Å². The van der Waals surface area contributed by atoms with E-state index in [4.69, 9.17) is 0 Å². The van der Waals surface area contributed by atoms with Crippen LogP contribution in [0.4, 0.5) is 11.4 Å². The monoisotopic (exact) mass is 1290 g/mol. The van der Waals surface area contributed by atoms with E-state index in [1.165, 1.54) is 77.0 Å². The number of aryl methyl sites for hydroxylation is 8. The molecule has 0 bridgehead atoms. The molecule has 8 aromatic rings. The summed E-state index contributed by atoms with van der Waals surface area (Å²) in [6.45, 7) is 8.59. The molecule has 76 heavy (non-hydrogen) atoms. The zero-order valence-corrected chi connectivity index (χ0v) is 50.9. The van der Waals surface area contributed by atoms with E-state index in [-0.39, 0.29) is 67.9 Å². The second-order valence-electron chi connectivity index (χ2n) is 18.6. The number of unbranched alkanes of at least 4 members (excludes halogenated alkanes) is 8. The molecular weight excluding hydrogens is 1210 g/mol. The highest BCUT2D eigenvalue weighted by molar-refractivity contribution is 5.79. The second kappa shape index (κ2) is 38.1. The Labute approximate surface area is 495 Å². The third kappa shape index (κ3) is 24.2. The van der Waals surface area contributed by atoms with Crippen molar-refractivity contribution < 1.29 is 86.2 Å². The van der Waals surface area contributed by atoms with Crippen LogP contribution in [-0.4, -0.2) is 49.8 Å². The maximum Gasteiger partial charge on any atom is 0.243 e. The van der Waals surface area contributed by atoms with Gasteiger partial charge in [-0.1, -0.05) is 36.4 Å². The minimum Gasteiger partial charge on any atom is -1.00 e. The molecule has 0 spiro atoms. The summed E-state index contributed by atoms with van der Waals surface area (Å²) < 4.78 is 18.2. The molecule has 0 amide bonds. The van der Waals surface area contributed by atoms with Crippen molar-refractivity contribution in [3.63, 3.8) is 0 Å². The first-order chi connectivity index (χ1) is 35.5. The number of para-hydroxylation sites is 2. The van der Waals surface area contributed by atoms with Gasteiger partial charge in [-0.15, -0.1) is 0 Å². The van der Waals surface area contributed by atoms with Gasteiger partial charge >= 0.3 is 0 Å². The van der Waals surface area contributed by atoms with E-state index in [1.54, 1.807) is 0 Å². The zero-order valence-electron chi connectivity index (χ0n) is 44.5. The highest BCUT2D eigenvalue weighted by atomic mass is 79.9. The number of nitrogens with zero attached hydrogens (tertiary/aromatic N) is 13. The van der Waals surface area contributed by atoms with Crippen LogP contribution in [0.25, 0.3) is 0 Å². The number of imidazole rings is 3. The molecule has 0 aliphatic heterocycles. The fourth-order valence-electron chi connectivity index (χ4n) is 8.63. The van der Waals surface area contributed by atoms with E-state index < -0.39 is 0 Å². The van der Waals surface area contributed by atoms with Gasteiger partial charge < -0.3 is 77.1 Å². The van der Waals surface area contributed by atoms with Gasteiger partial charge in [0.05, 0.1) is 50.1 Å². The van der Waals surface area contributed by atoms with Crippen molar-refractivity contribution in [2.75, 3.05) is 24.1 Å². The summed E-state index contributed by atoms with van der Waals surface area (Å²) in [7, 11) is 3.95. The predicted octanol–water partition coefficient (Wildman–Crippen LogP) is -2.44. The Morgan fingerprint density at radius 2 is 0.895 bits per heavy atom. The minimum absolute atomic E-state index is 0. The highest BCUT2D eigenvalue weighted by Gasteiger charge is 2.10. The van der Waals surface area contributed by atoms with Crippen molar-refractivity contribution in [1.82, 2.24) is 23.3 Å². The fraction of sp³-hybridized carbons (Fsp3) is 0.373. The Kier molecular flexibility index (Phi) is 32.5. The molecule has 0 N–H and O–H groups in total. The maximum absolute atomic E-state index is 4.63. The molecule has 6 aromatic heterocycles. The van der Waals surface area contributed by atoms with Crippen LogP contribution in [0.1, 0.15) is 88.3 Å². The van der Waals surface area contributed by atoms with Gasteiger partial charge in [-0.3, -0.25) is 10.0 Å². The molecule has 17 heteroatoms. The maximum atomic E-state index is 4.63. The largest absolute Gasteiger partial charge is 1.00 e. The first-order valence-electron chi connectivity index (χ1n) is 26.3. The topological polar surface area (TPSA) is 79.3 Å². The van der Waals surface area contributed by atoms with Crippen LogP contribution in [0.15, 0.2) is 200 Å². The summed E-state index contributed by atoms with van der Waals surface area (Å²) in [5.41, 5.74) is 4.39.